The smallest absolute Gasteiger partial charge is 0.338 e. The molecule has 0 spiro atoms. The van der Waals surface area contributed by atoms with Gasteiger partial charge in [-0.1, -0.05) is 12.1 Å². The fourth-order valence-corrected chi connectivity index (χ4v) is 2.66. The van der Waals surface area contributed by atoms with Gasteiger partial charge in [-0.05, 0) is 69.2 Å². The predicted molar refractivity (Wildman–Crippen MR) is 111 cm³/mol. The summed E-state index contributed by atoms with van der Waals surface area (Å²) in [6.45, 7) is 7.84. The summed E-state index contributed by atoms with van der Waals surface area (Å²) in [5.74, 6) is 1.65. The van der Waals surface area contributed by atoms with E-state index in [0.717, 1.165) is 11.1 Å². The van der Waals surface area contributed by atoms with Crippen molar-refractivity contribution >= 4 is 17.6 Å². The molecule has 0 saturated carbocycles. The van der Waals surface area contributed by atoms with Crippen LogP contribution in [0.5, 0.6) is 17.2 Å². The van der Waals surface area contributed by atoms with Crippen molar-refractivity contribution in [3.63, 3.8) is 0 Å². The molecule has 0 fully saturated rings. The van der Waals surface area contributed by atoms with E-state index in [1.807, 2.05) is 58.0 Å². The lowest BCUT2D eigenvalue weighted by atomic mass is 10.0. The van der Waals surface area contributed by atoms with Crippen LogP contribution in [0.3, 0.4) is 0 Å². The average Bonchev–Trinajstić information content (AvgIpc) is 2.64. The highest BCUT2D eigenvalue weighted by molar-refractivity contribution is 6.21. The molecule has 0 N–H and O–H groups in total. The number of benzene rings is 2. The van der Waals surface area contributed by atoms with Crippen LogP contribution < -0.4 is 14.2 Å². The Morgan fingerprint density at radius 1 is 0.821 bits per heavy atom. The minimum absolute atomic E-state index is 0.0211. The Labute approximate surface area is 166 Å². The molecule has 5 nitrogen and oxygen atoms in total. The first-order valence-electron chi connectivity index (χ1n) is 9.25. The number of hydrogen-bond acceptors (Lipinski definition) is 5. The first kappa shape index (κ1) is 21.4. The summed E-state index contributed by atoms with van der Waals surface area (Å²) in [7, 11) is 2.97. The summed E-state index contributed by atoms with van der Waals surface area (Å²) in [5.41, 5.74) is 1.95. The standard InChI is InChI=1S/C23H28O5/c1-15(2)27-20-11-17(12-21(14-20)28-16(3)4)13-22(23(24)26-6)18-7-9-19(25-5)10-8-18/h7-16H,1-6H3/b22-13+. The van der Waals surface area contributed by atoms with Crippen LogP contribution in [0.1, 0.15) is 38.8 Å². The van der Waals surface area contributed by atoms with Gasteiger partial charge in [0.2, 0.25) is 0 Å². The molecule has 0 unspecified atom stereocenters. The molecule has 5 heteroatoms. The van der Waals surface area contributed by atoms with Crippen molar-refractivity contribution in [2.75, 3.05) is 14.2 Å². The Hall–Kier alpha value is -2.95. The van der Waals surface area contributed by atoms with Crippen molar-refractivity contribution in [3.05, 3.63) is 53.6 Å². The molecule has 0 aliphatic carbocycles. The molecule has 150 valence electrons. The lowest BCUT2D eigenvalue weighted by molar-refractivity contribution is -0.133. The Bertz CT molecular complexity index is 791. The predicted octanol–water partition coefficient (Wildman–Crippen LogP) is 4.98. The second-order valence-corrected chi connectivity index (χ2v) is 6.85. The van der Waals surface area contributed by atoms with E-state index in [4.69, 9.17) is 18.9 Å². The van der Waals surface area contributed by atoms with Gasteiger partial charge in [0.15, 0.2) is 0 Å². The molecule has 0 atom stereocenters. The molecule has 0 saturated heterocycles. The van der Waals surface area contributed by atoms with E-state index in [0.29, 0.717) is 22.8 Å². The van der Waals surface area contributed by atoms with Crippen LogP contribution in [0.15, 0.2) is 42.5 Å². The van der Waals surface area contributed by atoms with Crippen LogP contribution in [0.4, 0.5) is 0 Å². The van der Waals surface area contributed by atoms with Gasteiger partial charge in [-0.3, -0.25) is 0 Å². The Kier molecular flexibility index (Phi) is 7.50. The van der Waals surface area contributed by atoms with Gasteiger partial charge < -0.3 is 18.9 Å². The molecule has 0 amide bonds. The number of hydrogen-bond donors (Lipinski definition) is 0. The largest absolute Gasteiger partial charge is 0.497 e. The molecular weight excluding hydrogens is 356 g/mol. The first-order chi connectivity index (χ1) is 13.3. The zero-order chi connectivity index (χ0) is 20.7. The van der Waals surface area contributed by atoms with Crippen molar-refractivity contribution in [2.24, 2.45) is 0 Å². The molecule has 2 aromatic rings. The summed E-state index contributed by atoms with van der Waals surface area (Å²) >= 11 is 0. The third-order valence-corrected chi connectivity index (χ3v) is 3.76. The highest BCUT2D eigenvalue weighted by Gasteiger charge is 2.14. The maximum atomic E-state index is 12.4. The second-order valence-electron chi connectivity index (χ2n) is 6.85. The SMILES string of the molecule is COC(=O)/C(=C/c1cc(OC(C)C)cc(OC(C)C)c1)c1ccc(OC)cc1. The molecule has 0 heterocycles. The van der Waals surface area contributed by atoms with Crippen LogP contribution in [0.25, 0.3) is 11.6 Å². The molecular formula is C23H28O5. The van der Waals surface area contributed by atoms with E-state index in [1.54, 1.807) is 25.3 Å². The molecule has 2 aromatic carbocycles. The van der Waals surface area contributed by atoms with Gasteiger partial charge in [0.1, 0.15) is 17.2 Å². The molecule has 2 rings (SSSR count). The van der Waals surface area contributed by atoms with Crippen molar-refractivity contribution in [3.8, 4) is 17.2 Å². The van der Waals surface area contributed by atoms with E-state index in [1.165, 1.54) is 7.11 Å². The van der Waals surface area contributed by atoms with E-state index < -0.39 is 5.97 Å². The lowest BCUT2D eigenvalue weighted by Crippen LogP contribution is -2.08. The number of carbonyl (C=O) groups excluding carboxylic acids is 1. The number of methoxy groups -OCH3 is 2. The second kappa shape index (κ2) is 9.83. The lowest BCUT2D eigenvalue weighted by Gasteiger charge is -2.15. The normalized spacial score (nSPS) is 11.5. The van der Waals surface area contributed by atoms with Crippen molar-refractivity contribution in [1.29, 1.82) is 0 Å². The van der Waals surface area contributed by atoms with Gasteiger partial charge in [0.05, 0.1) is 32.0 Å². The number of rotatable bonds is 8. The van der Waals surface area contributed by atoms with Crippen molar-refractivity contribution < 1.29 is 23.7 Å². The monoisotopic (exact) mass is 384 g/mol. The van der Waals surface area contributed by atoms with Crippen LogP contribution >= 0.6 is 0 Å². The quantitative estimate of drug-likeness (QED) is 0.365. The molecule has 0 aromatic heterocycles. The van der Waals surface area contributed by atoms with Gasteiger partial charge in [0, 0.05) is 6.07 Å². The Morgan fingerprint density at radius 3 is 1.79 bits per heavy atom. The topological polar surface area (TPSA) is 54.0 Å². The van der Waals surface area contributed by atoms with E-state index in [-0.39, 0.29) is 12.2 Å². The maximum absolute atomic E-state index is 12.4. The minimum Gasteiger partial charge on any atom is -0.497 e. The molecule has 0 aliphatic heterocycles. The molecule has 0 bridgehead atoms. The summed E-state index contributed by atoms with van der Waals surface area (Å²) in [6.07, 6.45) is 1.81. The number of ether oxygens (including phenoxy) is 4. The zero-order valence-corrected chi connectivity index (χ0v) is 17.3. The number of carbonyl (C=O) groups is 1. The summed E-state index contributed by atoms with van der Waals surface area (Å²) < 4.78 is 21.9. The zero-order valence-electron chi connectivity index (χ0n) is 17.3. The van der Waals surface area contributed by atoms with Gasteiger partial charge in [-0.25, -0.2) is 4.79 Å². The molecule has 0 radical (unpaired) electrons. The van der Waals surface area contributed by atoms with Gasteiger partial charge in [-0.15, -0.1) is 0 Å². The maximum Gasteiger partial charge on any atom is 0.338 e. The van der Waals surface area contributed by atoms with Gasteiger partial charge in [0.25, 0.3) is 0 Å². The summed E-state index contributed by atoms with van der Waals surface area (Å²) in [6, 6.07) is 12.8. The van der Waals surface area contributed by atoms with E-state index >= 15 is 0 Å². The van der Waals surface area contributed by atoms with Crippen LogP contribution in [0, 0.1) is 0 Å². The first-order valence-corrected chi connectivity index (χ1v) is 9.25. The average molecular weight is 384 g/mol. The summed E-state index contributed by atoms with van der Waals surface area (Å²) in [4.78, 5) is 12.4. The van der Waals surface area contributed by atoms with Crippen LogP contribution in [0.2, 0.25) is 0 Å². The highest BCUT2D eigenvalue weighted by atomic mass is 16.5. The van der Waals surface area contributed by atoms with Gasteiger partial charge in [-0.2, -0.15) is 0 Å². The molecule has 0 aliphatic rings. The Balaban J connectivity index is 2.51. The number of esters is 1. The fourth-order valence-electron chi connectivity index (χ4n) is 2.66. The van der Waals surface area contributed by atoms with Crippen molar-refractivity contribution in [2.45, 2.75) is 39.9 Å². The van der Waals surface area contributed by atoms with Crippen LogP contribution in [-0.4, -0.2) is 32.4 Å². The Morgan fingerprint density at radius 2 is 1.36 bits per heavy atom. The highest BCUT2D eigenvalue weighted by Crippen LogP contribution is 2.29. The minimum atomic E-state index is -0.424. The van der Waals surface area contributed by atoms with Crippen molar-refractivity contribution in [1.82, 2.24) is 0 Å². The molecule has 28 heavy (non-hydrogen) atoms. The fraction of sp³-hybridized carbons (Fsp3) is 0.348. The van der Waals surface area contributed by atoms with E-state index in [9.17, 15) is 4.79 Å². The third kappa shape index (κ3) is 6.05. The summed E-state index contributed by atoms with van der Waals surface area (Å²) in [5, 5.41) is 0. The third-order valence-electron chi connectivity index (χ3n) is 3.76. The van der Waals surface area contributed by atoms with Gasteiger partial charge >= 0.3 is 5.97 Å². The van der Waals surface area contributed by atoms with Crippen LogP contribution in [-0.2, 0) is 9.53 Å². The van der Waals surface area contributed by atoms with E-state index in [2.05, 4.69) is 0 Å².